The zero-order valence-corrected chi connectivity index (χ0v) is 13.7. The van der Waals surface area contributed by atoms with Crippen molar-refractivity contribution in [2.24, 2.45) is 0 Å². The normalized spacial score (nSPS) is 12.6. The predicted octanol–water partition coefficient (Wildman–Crippen LogP) is 2.36. The van der Waals surface area contributed by atoms with Crippen LogP contribution in [0.2, 0.25) is 0 Å². The number of aromatic nitrogens is 1. The van der Waals surface area contributed by atoms with Gasteiger partial charge in [0.2, 0.25) is 0 Å². The highest BCUT2D eigenvalue weighted by atomic mass is 32.2. The molecule has 0 spiro atoms. The van der Waals surface area contributed by atoms with Gasteiger partial charge in [-0.15, -0.1) is 0 Å². The molecular formula is C16H18N2O4S. The number of hydrogen-bond acceptors (Lipinski definition) is 5. The van der Waals surface area contributed by atoms with Crippen LogP contribution in [0.5, 0.6) is 0 Å². The number of aromatic carboxylic acids is 1. The molecule has 2 aromatic rings. The van der Waals surface area contributed by atoms with Gasteiger partial charge in [-0.1, -0.05) is 23.8 Å². The standard InChI is InChI=1S/C16H18N2O4S/c1-11-6-8-13(9-7-11)23(21,22)10-12(2)17-15-5-3-4-14(18-15)16(19)20/h3-9,12H,10H2,1-2H3,(H,17,18)(H,19,20). The average molecular weight is 334 g/mol. The number of carboxylic acid groups (broad SMARTS) is 1. The lowest BCUT2D eigenvalue weighted by molar-refractivity contribution is 0.0690. The molecule has 0 fully saturated rings. The number of benzene rings is 1. The van der Waals surface area contributed by atoms with Crippen molar-refractivity contribution >= 4 is 21.6 Å². The number of carboxylic acids is 1. The Bertz CT molecular complexity index is 801. The summed E-state index contributed by atoms with van der Waals surface area (Å²) in [7, 11) is -3.43. The maximum atomic E-state index is 12.4. The molecule has 1 aromatic heterocycles. The number of aryl methyl sites for hydroxylation is 1. The smallest absolute Gasteiger partial charge is 0.354 e. The fraction of sp³-hybridized carbons (Fsp3) is 0.250. The van der Waals surface area contributed by atoms with Crippen LogP contribution < -0.4 is 5.32 Å². The van der Waals surface area contributed by atoms with E-state index in [-0.39, 0.29) is 16.3 Å². The molecule has 0 saturated carbocycles. The third kappa shape index (κ3) is 4.53. The lowest BCUT2D eigenvalue weighted by Gasteiger charge is -2.15. The molecule has 0 aliphatic heterocycles. The fourth-order valence-corrected chi connectivity index (χ4v) is 3.58. The lowest BCUT2D eigenvalue weighted by Crippen LogP contribution is -2.26. The van der Waals surface area contributed by atoms with Gasteiger partial charge >= 0.3 is 5.97 Å². The molecule has 6 nitrogen and oxygen atoms in total. The number of hydrogen-bond donors (Lipinski definition) is 2. The van der Waals surface area contributed by atoms with Crippen LogP contribution in [0.3, 0.4) is 0 Å². The quantitative estimate of drug-likeness (QED) is 0.842. The summed E-state index contributed by atoms with van der Waals surface area (Å²) in [6.45, 7) is 3.60. The third-order valence-electron chi connectivity index (χ3n) is 3.21. The number of nitrogens with one attached hydrogen (secondary N) is 1. The molecule has 1 heterocycles. The summed E-state index contributed by atoms with van der Waals surface area (Å²) in [5, 5.41) is 11.8. The highest BCUT2D eigenvalue weighted by Crippen LogP contribution is 2.15. The number of carbonyl (C=O) groups is 1. The van der Waals surface area contributed by atoms with E-state index in [1.165, 1.54) is 6.07 Å². The molecular weight excluding hydrogens is 316 g/mol. The molecule has 0 aliphatic carbocycles. The van der Waals surface area contributed by atoms with Gasteiger partial charge in [-0.3, -0.25) is 0 Å². The highest BCUT2D eigenvalue weighted by molar-refractivity contribution is 7.91. The van der Waals surface area contributed by atoms with Crippen LogP contribution in [0.15, 0.2) is 47.4 Å². The Hall–Kier alpha value is -2.41. The van der Waals surface area contributed by atoms with Crippen LogP contribution in [0, 0.1) is 6.92 Å². The van der Waals surface area contributed by atoms with Gasteiger partial charge in [0.05, 0.1) is 10.6 Å². The summed E-state index contributed by atoms with van der Waals surface area (Å²) in [6, 6.07) is 10.8. The first-order valence-electron chi connectivity index (χ1n) is 7.04. The Morgan fingerprint density at radius 3 is 2.48 bits per heavy atom. The molecule has 23 heavy (non-hydrogen) atoms. The Labute approximate surface area is 135 Å². The zero-order chi connectivity index (χ0) is 17.0. The van der Waals surface area contributed by atoms with Crippen molar-refractivity contribution in [3.63, 3.8) is 0 Å². The van der Waals surface area contributed by atoms with Crippen LogP contribution in [-0.4, -0.2) is 36.3 Å². The first-order valence-corrected chi connectivity index (χ1v) is 8.69. The van der Waals surface area contributed by atoms with Crippen molar-refractivity contribution in [2.75, 3.05) is 11.1 Å². The van der Waals surface area contributed by atoms with Crippen LogP contribution in [0.25, 0.3) is 0 Å². The molecule has 1 aromatic carbocycles. The van der Waals surface area contributed by atoms with Crippen molar-refractivity contribution in [1.82, 2.24) is 4.98 Å². The maximum Gasteiger partial charge on any atom is 0.354 e. The van der Waals surface area contributed by atoms with Crippen LogP contribution in [0.1, 0.15) is 23.0 Å². The maximum absolute atomic E-state index is 12.4. The summed E-state index contributed by atoms with van der Waals surface area (Å²) >= 11 is 0. The third-order valence-corrected chi connectivity index (χ3v) is 5.14. The van der Waals surface area contributed by atoms with E-state index in [0.29, 0.717) is 5.82 Å². The van der Waals surface area contributed by atoms with Gasteiger partial charge in [0.15, 0.2) is 15.5 Å². The van der Waals surface area contributed by atoms with E-state index in [4.69, 9.17) is 5.11 Å². The van der Waals surface area contributed by atoms with Gasteiger partial charge in [0, 0.05) is 6.04 Å². The minimum atomic E-state index is -3.43. The monoisotopic (exact) mass is 334 g/mol. The van der Waals surface area contributed by atoms with Crippen LogP contribution >= 0.6 is 0 Å². The first kappa shape index (κ1) is 17.0. The largest absolute Gasteiger partial charge is 0.477 e. The molecule has 1 atom stereocenters. The van der Waals surface area contributed by atoms with Crippen LogP contribution in [0.4, 0.5) is 5.82 Å². The average Bonchev–Trinajstić information content (AvgIpc) is 2.47. The Balaban J connectivity index is 2.09. The van der Waals surface area contributed by atoms with Crippen molar-refractivity contribution in [2.45, 2.75) is 24.8 Å². The van der Waals surface area contributed by atoms with Crippen molar-refractivity contribution in [3.05, 3.63) is 53.7 Å². The lowest BCUT2D eigenvalue weighted by atomic mass is 10.2. The summed E-state index contributed by atoms with van der Waals surface area (Å²) in [5.41, 5.74) is 0.897. The van der Waals surface area contributed by atoms with E-state index in [0.717, 1.165) is 5.56 Å². The van der Waals surface area contributed by atoms with Crippen molar-refractivity contribution in [1.29, 1.82) is 0 Å². The molecule has 0 saturated heterocycles. The SMILES string of the molecule is Cc1ccc(S(=O)(=O)CC(C)Nc2cccc(C(=O)O)n2)cc1. The molecule has 122 valence electrons. The zero-order valence-electron chi connectivity index (χ0n) is 12.9. The van der Waals surface area contributed by atoms with Gasteiger partial charge in [-0.25, -0.2) is 18.2 Å². The molecule has 7 heteroatoms. The summed E-state index contributed by atoms with van der Waals surface area (Å²) < 4.78 is 24.7. The van der Waals surface area contributed by atoms with E-state index >= 15 is 0 Å². The number of sulfone groups is 1. The van der Waals surface area contributed by atoms with Crippen molar-refractivity contribution < 1.29 is 18.3 Å². The first-order chi connectivity index (χ1) is 10.8. The topological polar surface area (TPSA) is 96.4 Å². The van der Waals surface area contributed by atoms with Gasteiger partial charge in [-0.05, 0) is 38.1 Å². The Morgan fingerprint density at radius 2 is 1.87 bits per heavy atom. The predicted molar refractivity (Wildman–Crippen MR) is 87.5 cm³/mol. The minimum Gasteiger partial charge on any atom is -0.477 e. The van der Waals surface area contributed by atoms with E-state index in [1.54, 1.807) is 43.3 Å². The summed E-state index contributed by atoms with van der Waals surface area (Å²) in [5.74, 6) is -0.917. The second kappa shape index (κ2) is 6.78. The molecule has 0 radical (unpaired) electrons. The van der Waals surface area contributed by atoms with Crippen molar-refractivity contribution in [3.8, 4) is 0 Å². The van der Waals surface area contributed by atoms with E-state index < -0.39 is 21.8 Å². The van der Waals surface area contributed by atoms with E-state index in [1.807, 2.05) is 6.92 Å². The number of nitrogens with zero attached hydrogens (tertiary/aromatic N) is 1. The second-order valence-electron chi connectivity index (χ2n) is 5.35. The Kier molecular flexibility index (Phi) is 5.00. The van der Waals surface area contributed by atoms with Gasteiger partial charge < -0.3 is 10.4 Å². The van der Waals surface area contributed by atoms with Gasteiger partial charge in [-0.2, -0.15) is 0 Å². The molecule has 0 bridgehead atoms. The number of rotatable bonds is 6. The molecule has 2 N–H and O–H groups in total. The molecule has 2 rings (SSSR count). The summed E-state index contributed by atoms with van der Waals surface area (Å²) in [6.07, 6.45) is 0. The Morgan fingerprint density at radius 1 is 1.22 bits per heavy atom. The van der Waals surface area contributed by atoms with Gasteiger partial charge in [0.1, 0.15) is 5.82 Å². The van der Waals surface area contributed by atoms with E-state index in [9.17, 15) is 13.2 Å². The van der Waals surface area contributed by atoms with Crippen LogP contribution in [-0.2, 0) is 9.84 Å². The fourth-order valence-electron chi connectivity index (χ4n) is 2.10. The van der Waals surface area contributed by atoms with E-state index in [2.05, 4.69) is 10.3 Å². The second-order valence-corrected chi connectivity index (χ2v) is 7.39. The molecule has 0 amide bonds. The van der Waals surface area contributed by atoms with Gasteiger partial charge in [0.25, 0.3) is 0 Å². The molecule has 1 unspecified atom stereocenters. The number of pyridine rings is 1. The molecule has 0 aliphatic rings. The number of anilines is 1. The highest BCUT2D eigenvalue weighted by Gasteiger charge is 2.19. The summed E-state index contributed by atoms with van der Waals surface area (Å²) in [4.78, 5) is 15.1. The minimum absolute atomic E-state index is 0.0939.